The van der Waals surface area contributed by atoms with Crippen LogP contribution in [-0.2, 0) is 13.6 Å². The van der Waals surface area contributed by atoms with Crippen molar-refractivity contribution in [1.82, 2.24) is 25.3 Å². The molecule has 2 heterocycles. The zero-order valence-corrected chi connectivity index (χ0v) is 19.4. The summed E-state index contributed by atoms with van der Waals surface area (Å²) in [6.45, 7) is 3.39. The van der Waals surface area contributed by atoms with Gasteiger partial charge in [0.05, 0.1) is 18.8 Å². The van der Waals surface area contributed by atoms with Gasteiger partial charge in [-0.25, -0.2) is 0 Å². The van der Waals surface area contributed by atoms with Crippen LogP contribution < -0.4 is 10.6 Å². The predicted molar refractivity (Wildman–Crippen MR) is 124 cm³/mol. The molecule has 0 bridgehead atoms. The molecule has 2 N–H and O–H groups in total. The molecule has 3 rings (SSSR count). The van der Waals surface area contributed by atoms with Crippen LogP contribution in [0, 0.1) is 6.92 Å². The number of hydrogen-bond donors (Lipinski definition) is 2. The molecule has 0 saturated carbocycles. The van der Waals surface area contributed by atoms with Gasteiger partial charge in [-0.3, -0.25) is 9.67 Å². The molecule has 1 aromatic carbocycles. The number of halogens is 1. The summed E-state index contributed by atoms with van der Waals surface area (Å²) >= 11 is 0. The molecule has 0 saturated heterocycles. The maximum atomic E-state index is 5.97. The lowest BCUT2D eigenvalue weighted by Gasteiger charge is -2.24. The lowest BCUT2D eigenvalue weighted by molar-refractivity contribution is 0.298. The molecule has 0 spiro atoms. The van der Waals surface area contributed by atoms with E-state index in [1.165, 1.54) is 5.56 Å². The van der Waals surface area contributed by atoms with E-state index in [1.807, 2.05) is 42.3 Å². The van der Waals surface area contributed by atoms with E-state index in [9.17, 15) is 0 Å². The number of fused-ring (bicyclic) bond motifs is 1. The molecule has 3 aromatic rings. The minimum absolute atomic E-state index is 0. The van der Waals surface area contributed by atoms with Crippen LogP contribution in [0.5, 0.6) is 0 Å². The Kier molecular flexibility index (Phi) is 7.88. The average Bonchev–Trinajstić information content (AvgIpc) is 3.21. The highest BCUT2D eigenvalue weighted by Gasteiger charge is 2.17. The van der Waals surface area contributed by atoms with Crippen molar-refractivity contribution in [2.45, 2.75) is 19.5 Å². The van der Waals surface area contributed by atoms with E-state index < -0.39 is 0 Å². The highest BCUT2D eigenvalue weighted by Crippen LogP contribution is 2.24. The van der Waals surface area contributed by atoms with E-state index in [2.05, 4.69) is 52.7 Å². The predicted octanol–water partition coefficient (Wildman–Crippen LogP) is 3.06. The molecule has 152 valence electrons. The quantitative estimate of drug-likeness (QED) is 0.312. The Hall–Kier alpha value is -2.07. The number of benzene rings is 1. The fraction of sp³-hybridized carbons (Fsp3) is 0.400. The van der Waals surface area contributed by atoms with Gasteiger partial charge in [-0.2, -0.15) is 5.10 Å². The van der Waals surface area contributed by atoms with Gasteiger partial charge in [-0.15, -0.1) is 24.0 Å². The van der Waals surface area contributed by atoms with Crippen LogP contribution in [-0.4, -0.2) is 48.3 Å². The smallest absolute Gasteiger partial charge is 0.191 e. The van der Waals surface area contributed by atoms with Gasteiger partial charge in [-0.1, -0.05) is 18.2 Å². The minimum Gasteiger partial charge on any atom is -0.459 e. The summed E-state index contributed by atoms with van der Waals surface area (Å²) < 4.78 is 7.79. The van der Waals surface area contributed by atoms with E-state index >= 15 is 0 Å². The second-order valence-corrected chi connectivity index (χ2v) is 6.88. The van der Waals surface area contributed by atoms with Crippen LogP contribution >= 0.6 is 24.0 Å². The van der Waals surface area contributed by atoms with Gasteiger partial charge in [-0.05, 0) is 27.1 Å². The Morgan fingerprint density at radius 3 is 2.64 bits per heavy atom. The second-order valence-electron chi connectivity index (χ2n) is 6.88. The SMILES string of the molecule is CN=C(NCc1oc2ccccc2c1C)NCC(c1cnn(C)c1)N(C)C.I. The first-order valence-corrected chi connectivity index (χ1v) is 9.06. The number of hydrogen-bond acceptors (Lipinski definition) is 4. The molecule has 1 atom stereocenters. The molecular formula is C20H29IN6O. The molecule has 0 aliphatic rings. The Balaban J connectivity index is 0.00000280. The van der Waals surface area contributed by atoms with E-state index in [0.29, 0.717) is 6.54 Å². The maximum absolute atomic E-state index is 5.97. The standard InChI is InChI=1S/C20H28N6O.HI/c1-14-16-8-6-7-9-18(16)27-19(14)12-23-20(21-2)22-11-17(25(3)4)15-10-24-26(5)13-15;/h6-10,13,17H,11-12H2,1-5H3,(H2,21,22,23);1H. The zero-order chi connectivity index (χ0) is 19.4. The topological polar surface area (TPSA) is 70.6 Å². The monoisotopic (exact) mass is 496 g/mol. The largest absolute Gasteiger partial charge is 0.459 e. The summed E-state index contributed by atoms with van der Waals surface area (Å²) in [7, 11) is 7.83. The van der Waals surface area contributed by atoms with Crippen LogP contribution in [0.25, 0.3) is 11.0 Å². The van der Waals surface area contributed by atoms with Crippen LogP contribution in [0.2, 0.25) is 0 Å². The molecule has 0 aliphatic heterocycles. The van der Waals surface area contributed by atoms with E-state index in [-0.39, 0.29) is 30.0 Å². The molecule has 8 heteroatoms. The van der Waals surface area contributed by atoms with Gasteiger partial charge in [0.15, 0.2) is 5.96 Å². The fourth-order valence-corrected chi connectivity index (χ4v) is 3.18. The third-order valence-electron chi connectivity index (χ3n) is 4.78. The molecule has 2 aromatic heterocycles. The first kappa shape index (κ1) is 22.2. The third kappa shape index (κ3) is 5.05. The van der Waals surface area contributed by atoms with Crippen LogP contribution in [0.1, 0.15) is 22.9 Å². The summed E-state index contributed by atoms with van der Waals surface area (Å²) in [5, 5.41) is 12.2. The molecule has 0 amide bonds. The Labute approximate surface area is 183 Å². The van der Waals surface area contributed by atoms with Crippen molar-refractivity contribution in [2.24, 2.45) is 12.0 Å². The lowest BCUT2D eigenvalue weighted by Crippen LogP contribution is -2.41. The molecule has 7 nitrogen and oxygen atoms in total. The zero-order valence-electron chi connectivity index (χ0n) is 17.1. The fourth-order valence-electron chi connectivity index (χ4n) is 3.18. The van der Waals surface area contributed by atoms with E-state index in [0.717, 1.165) is 34.8 Å². The highest BCUT2D eigenvalue weighted by molar-refractivity contribution is 14.0. The van der Waals surface area contributed by atoms with Crippen molar-refractivity contribution < 1.29 is 4.42 Å². The molecule has 1 unspecified atom stereocenters. The third-order valence-corrected chi connectivity index (χ3v) is 4.78. The van der Waals surface area contributed by atoms with Gasteiger partial charge >= 0.3 is 0 Å². The molecular weight excluding hydrogens is 467 g/mol. The first-order valence-electron chi connectivity index (χ1n) is 9.06. The molecule has 0 radical (unpaired) electrons. The maximum Gasteiger partial charge on any atom is 0.191 e. The summed E-state index contributed by atoms with van der Waals surface area (Å²) in [5.74, 6) is 1.67. The van der Waals surface area contributed by atoms with Crippen molar-refractivity contribution in [2.75, 3.05) is 27.7 Å². The number of nitrogens with zero attached hydrogens (tertiary/aromatic N) is 4. The Morgan fingerprint density at radius 2 is 2.04 bits per heavy atom. The Bertz CT molecular complexity index is 930. The number of para-hydroxylation sites is 1. The summed E-state index contributed by atoms with van der Waals surface area (Å²) in [4.78, 5) is 6.50. The van der Waals surface area contributed by atoms with Crippen molar-refractivity contribution in [3.8, 4) is 0 Å². The Morgan fingerprint density at radius 1 is 1.29 bits per heavy atom. The number of aliphatic imine (C=N–C) groups is 1. The number of furan rings is 1. The summed E-state index contributed by atoms with van der Waals surface area (Å²) in [5.41, 5.74) is 3.24. The summed E-state index contributed by atoms with van der Waals surface area (Å²) in [6, 6.07) is 8.30. The number of rotatable bonds is 6. The van der Waals surface area contributed by atoms with Crippen molar-refractivity contribution >= 4 is 40.9 Å². The normalized spacial score (nSPS) is 12.9. The minimum atomic E-state index is 0. The van der Waals surface area contributed by atoms with Crippen molar-refractivity contribution in [3.05, 3.63) is 53.5 Å². The van der Waals surface area contributed by atoms with Crippen molar-refractivity contribution in [3.63, 3.8) is 0 Å². The van der Waals surface area contributed by atoms with E-state index in [4.69, 9.17) is 4.42 Å². The van der Waals surface area contributed by atoms with Gasteiger partial charge < -0.3 is 20.0 Å². The van der Waals surface area contributed by atoms with Gasteiger partial charge in [0.1, 0.15) is 11.3 Å². The van der Waals surface area contributed by atoms with E-state index in [1.54, 1.807) is 7.05 Å². The highest BCUT2D eigenvalue weighted by atomic mass is 127. The number of nitrogens with one attached hydrogen (secondary N) is 2. The van der Waals surface area contributed by atoms with Crippen LogP contribution in [0.3, 0.4) is 0 Å². The molecule has 0 fully saturated rings. The lowest BCUT2D eigenvalue weighted by atomic mass is 10.1. The van der Waals surface area contributed by atoms with Crippen LogP contribution in [0.15, 0.2) is 46.1 Å². The number of aryl methyl sites for hydroxylation is 2. The van der Waals surface area contributed by atoms with Crippen molar-refractivity contribution in [1.29, 1.82) is 0 Å². The first-order chi connectivity index (χ1) is 13.0. The van der Waals surface area contributed by atoms with Gasteiger partial charge in [0.25, 0.3) is 0 Å². The second kappa shape index (κ2) is 9.92. The number of likely N-dealkylation sites (N-methyl/N-ethyl adjacent to an activating group) is 1. The number of aromatic nitrogens is 2. The summed E-state index contributed by atoms with van der Waals surface area (Å²) in [6.07, 6.45) is 3.95. The average molecular weight is 496 g/mol. The molecule has 28 heavy (non-hydrogen) atoms. The van der Waals surface area contributed by atoms with Gasteiger partial charge in [0.2, 0.25) is 0 Å². The molecule has 0 aliphatic carbocycles. The van der Waals surface area contributed by atoms with Gasteiger partial charge in [0, 0.05) is 43.4 Å². The van der Waals surface area contributed by atoms with Crippen LogP contribution in [0.4, 0.5) is 0 Å². The number of guanidine groups is 1.